The molecular formula is C5H9O3. The maximum atomic E-state index is 10.1. The molecule has 3 heteroatoms. The molecule has 0 saturated carbocycles. The van der Waals surface area contributed by atoms with Crippen LogP contribution in [0.2, 0.25) is 0 Å². The number of carbonyl (C=O) groups is 1. The molecule has 8 heavy (non-hydrogen) atoms. The van der Waals surface area contributed by atoms with Gasteiger partial charge >= 0.3 is 6.16 Å². The largest absolute Gasteiger partial charge is 0.508 e. The molecule has 0 amide bonds. The van der Waals surface area contributed by atoms with Crippen LogP contribution in [0.25, 0.3) is 0 Å². The van der Waals surface area contributed by atoms with Gasteiger partial charge in [0.2, 0.25) is 0 Å². The predicted octanol–water partition coefficient (Wildman–Crippen LogP) is 0.992. The minimum Gasteiger partial charge on any atom is -0.438 e. The molecule has 0 fully saturated rings. The molecule has 0 aliphatic rings. The van der Waals surface area contributed by atoms with Crippen LogP contribution < -0.4 is 0 Å². The Morgan fingerprint density at radius 2 is 2.25 bits per heavy atom. The zero-order valence-corrected chi connectivity index (χ0v) is 5.01. The van der Waals surface area contributed by atoms with Crippen LogP contribution in [0.15, 0.2) is 0 Å². The van der Waals surface area contributed by atoms with Crippen LogP contribution in [0.4, 0.5) is 4.79 Å². The third-order valence-corrected chi connectivity index (χ3v) is 0.464. The summed E-state index contributed by atoms with van der Waals surface area (Å²) in [5.74, 6) is 0. The van der Waals surface area contributed by atoms with E-state index in [0.717, 1.165) is 0 Å². The molecule has 0 aliphatic carbocycles. The standard InChI is InChI=1S/C5H9O3/c1-4(2)8-5(6)7-3/h4H,1H2,2-3H3/t4-/m0/s1. The third kappa shape index (κ3) is 3.46. The fourth-order valence-electron chi connectivity index (χ4n) is 0.212. The molecule has 0 spiro atoms. The Hall–Kier alpha value is -0.730. The van der Waals surface area contributed by atoms with Crippen LogP contribution in [0, 0.1) is 6.92 Å². The molecule has 47 valence electrons. The Morgan fingerprint density at radius 1 is 1.75 bits per heavy atom. The van der Waals surface area contributed by atoms with E-state index in [1.807, 2.05) is 0 Å². The Balaban J connectivity index is 3.25. The Labute approximate surface area is 48.6 Å². The fraction of sp³-hybridized carbons (Fsp3) is 0.600. The van der Waals surface area contributed by atoms with Gasteiger partial charge in [0.1, 0.15) is 6.10 Å². The van der Waals surface area contributed by atoms with Crippen LogP contribution in [-0.2, 0) is 9.47 Å². The van der Waals surface area contributed by atoms with Gasteiger partial charge in [0.25, 0.3) is 0 Å². The van der Waals surface area contributed by atoms with Gasteiger partial charge in [0.05, 0.1) is 7.11 Å². The van der Waals surface area contributed by atoms with Crippen molar-refractivity contribution in [3.8, 4) is 0 Å². The fourth-order valence-corrected chi connectivity index (χ4v) is 0.212. The van der Waals surface area contributed by atoms with Crippen molar-refractivity contribution in [1.29, 1.82) is 0 Å². The summed E-state index contributed by atoms with van der Waals surface area (Å²) >= 11 is 0. The first-order valence-electron chi connectivity index (χ1n) is 2.24. The molecule has 0 bridgehead atoms. The van der Waals surface area contributed by atoms with Crippen LogP contribution in [0.3, 0.4) is 0 Å². The maximum absolute atomic E-state index is 10.1. The van der Waals surface area contributed by atoms with Crippen molar-refractivity contribution in [2.75, 3.05) is 7.11 Å². The molecular weight excluding hydrogens is 108 g/mol. The van der Waals surface area contributed by atoms with Gasteiger partial charge in [-0.15, -0.1) is 0 Å². The van der Waals surface area contributed by atoms with E-state index in [-0.39, 0.29) is 6.10 Å². The van der Waals surface area contributed by atoms with E-state index in [0.29, 0.717) is 0 Å². The minimum absolute atomic E-state index is 0.345. The summed E-state index contributed by atoms with van der Waals surface area (Å²) in [6.45, 7) is 5.05. The van der Waals surface area contributed by atoms with Gasteiger partial charge in [-0.05, 0) is 13.8 Å². The first-order valence-corrected chi connectivity index (χ1v) is 2.24. The number of hydrogen-bond acceptors (Lipinski definition) is 3. The molecule has 0 aromatic heterocycles. The summed E-state index contributed by atoms with van der Waals surface area (Å²) in [5, 5.41) is 0. The van der Waals surface area contributed by atoms with Crippen LogP contribution in [-0.4, -0.2) is 19.4 Å². The lowest BCUT2D eigenvalue weighted by molar-refractivity contribution is 0.0571. The molecule has 3 nitrogen and oxygen atoms in total. The second-order valence-electron chi connectivity index (χ2n) is 1.38. The molecule has 0 unspecified atom stereocenters. The topological polar surface area (TPSA) is 35.5 Å². The van der Waals surface area contributed by atoms with Crippen LogP contribution in [0.1, 0.15) is 6.92 Å². The summed E-state index contributed by atoms with van der Waals surface area (Å²) in [5.41, 5.74) is 0. The van der Waals surface area contributed by atoms with E-state index >= 15 is 0 Å². The van der Waals surface area contributed by atoms with E-state index in [4.69, 9.17) is 0 Å². The highest BCUT2D eigenvalue weighted by atomic mass is 16.7. The normalized spacial score (nSPS) is 9.00. The number of ether oxygens (including phenoxy) is 2. The van der Waals surface area contributed by atoms with Gasteiger partial charge in [0, 0.05) is 0 Å². The van der Waals surface area contributed by atoms with Crippen molar-refractivity contribution >= 4 is 6.16 Å². The highest BCUT2D eigenvalue weighted by molar-refractivity contribution is 5.59. The lowest BCUT2D eigenvalue weighted by atomic mass is 10.5. The highest BCUT2D eigenvalue weighted by Gasteiger charge is 2.01. The quantitative estimate of drug-likeness (QED) is 0.480. The molecule has 0 aromatic rings. The Morgan fingerprint density at radius 3 is 2.38 bits per heavy atom. The molecule has 0 N–H and O–H groups in total. The van der Waals surface area contributed by atoms with E-state index in [2.05, 4.69) is 16.4 Å². The van der Waals surface area contributed by atoms with Gasteiger partial charge in [-0.25, -0.2) is 4.79 Å². The highest BCUT2D eigenvalue weighted by Crippen LogP contribution is 1.88. The van der Waals surface area contributed by atoms with Crippen LogP contribution in [0.5, 0.6) is 0 Å². The van der Waals surface area contributed by atoms with E-state index in [9.17, 15) is 4.79 Å². The van der Waals surface area contributed by atoms with Crippen molar-refractivity contribution in [3.05, 3.63) is 6.92 Å². The van der Waals surface area contributed by atoms with E-state index in [1.165, 1.54) is 7.11 Å². The first-order chi connectivity index (χ1) is 3.66. The minimum atomic E-state index is -0.688. The summed E-state index contributed by atoms with van der Waals surface area (Å²) in [6.07, 6.45) is -1.03. The second kappa shape index (κ2) is 3.29. The Bertz CT molecular complexity index is 77.7. The summed E-state index contributed by atoms with van der Waals surface area (Å²) < 4.78 is 8.59. The average molecular weight is 117 g/mol. The molecule has 1 radical (unpaired) electrons. The number of rotatable bonds is 1. The smallest absolute Gasteiger partial charge is 0.438 e. The first kappa shape index (κ1) is 7.27. The van der Waals surface area contributed by atoms with Crippen molar-refractivity contribution in [2.45, 2.75) is 13.0 Å². The van der Waals surface area contributed by atoms with Crippen molar-refractivity contribution < 1.29 is 14.3 Å². The van der Waals surface area contributed by atoms with Gasteiger partial charge in [-0.2, -0.15) is 0 Å². The predicted molar refractivity (Wildman–Crippen MR) is 28.3 cm³/mol. The number of carbonyl (C=O) groups excluding carboxylic acids is 1. The zero-order chi connectivity index (χ0) is 6.57. The van der Waals surface area contributed by atoms with Gasteiger partial charge in [0.15, 0.2) is 0 Å². The molecule has 0 aliphatic heterocycles. The molecule has 0 rings (SSSR count). The molecule has 0 heterocycles. The summed E-state index contributed by atoms with van der Waals surface area (Å²) in [6, 6.07) is 0. The average Bonchev–Trinajstić information content (AvgIpc) is 1.65. The van der Waals surface area contributed by atoms with Crippen molar-refractivity contribution in [1.82, 2.24) is 0 Å². The lowest BCUT2D eigenvalue weighted by Crippen LogP contribution is -2.10. The molecule has 1 atom stereocenters. The number of hydrogen-bond donors (Lipinski definition) is 0. The van der Waals surface area contributed by atoms with E-state index in [1.54, 1.807) is 6.92 Å². The third-order valence-electron chi connectivity index (χ3n) is 0.464. The summed E-state index contributed by atoms with van der Waals surface area (Å²) in [4.78, 5) is 10.1. The van der Waals surface area contributed by atoms with Gasteiger partial charge in [-0.1, -0.05) is 0 Å². The zero-order valence-electron chi connectivity index (χ0n) is 5.01. The van der Waals surface area contributed by atoms with Crippen molar-refractivity contribution in [2.24, 2.45) is 0 Å². The monoisotopic (exact) mass is 117 g/mol. The van der Waals surface area contributed by atoms with E-state index < -0.39 is 6.16 Å². The maximum Gasteiger partial charge on any atom is 0.508 e. The SMILES string of the molecule is [CH2][C@@H](C)OC(=O)OC. The van der Waals surface area contributed by atoms with Crippen LogP contribution >= 0.6 is 0 Å². The van der Waals surface area contributed by atoms with Gasteiger partial charge in [-0.3, -0.25) is 0 Å². The number of methoxy groups -OCH3 is 1. The second-order valence-corrected chi connectivity index (χ2v) is 1.38. The summed E-state index contributed by atoms with van der Waals surface area (Å²) in [7, 11) is 1.25. The van der Waals surface area contributed by atoms with Crippen molar-refractivity contribution in [3.63, 3.8) is 0 Å². The lowest BCUT2D eigenvalue weighted by Gasteiger charge is -2.03. The Kier molecular flexibility index (Phi) is 2.99. The molecule has 0 aromatic carbocycles. The molecule has 0 saturated heterocycles. The van der Waals surface area contributed by atoms with Gasteiger partial charge < -0.3 is 9.47 Å².